The largest absolute Gasteiger partial charge is 0.486 e. The average molecular weight is 249 g/mol. The van der Waals surface area contributed by atoms with Crippen molar-refractivity contribution < 1.29 is 9.47 Å². The van der Waals surface area contributed by atoms with E-state index >= 15 is 0 Å². The summed E-state index contributed by atoms with van der Waals surface area (Å²) in [7, 11) is 0. The molecule has 100 valence electrons. The second kappa shape index (κ2) is 5.77. The van der Waals surface area contributed by atoms with Crippen LogP contribution in [0.25, 0.3) is 0 Å². The van der Waals surface area contributed by atoms with Crippen molar-refractivity contribution in [2.45, 2.75) is 41.0 Å². The van der Waals surface area contributed by atoms with Crippen LogP contribution in [0.4, 0.5) is 0 Å². The first kappa shape index (κ1) is 16.3. The molecule has 0 amide bonds. The van der Waals surface area contributed by atoms with Crippen molar-refractivity contribution in [3.05, 3.63) is 23.3 Å². The molecule has 0 radical (unpaired) electrons. The molecule has 1 aromatic rings. The zero-order valence-corrected chi connectivity index (χ0v) is 9.83. The van der Waals surface area contributed by atoms with E-state index in [9.17, 15) is 0 Å². The van der Waals surface area contributed by atoms with Gasteiger partial charge in [-0.2, -0.15) is 5.26 Å². The quantitative estimate of drug-likeness (QED) is 0.700. The van der Waals surface area contributed by atoms with Crippen LogP contribution in [0.5, 0.6) is 11.5 Å². The van der Waals surface area contributed by atoms with Crippen molar-refractivity contribution in [2.75, 3.05) is 13.2 Å². The van der Waals surface area contributed by atoms with E-state index in [0.29, 0.717) is 24.5 Å². The summed E-state index contributed by atoms with van der Waals surface area (Å²) in [5, 5.41) is 9.00. The number of hydrogen-bond donors (Lipinski definition) is 0. The summed E-state index contributed by atoms with van der Waals surface area (Å²) in [5.41, 5.74) is 1.61. The highest BCUT2D eigenvalue weighted by Crippen LogP contribution is 2.42. The van der Waals surface area contributed by atoms with E-state index in [4.69, 9.17) is 14.7 Å². The van der Waals surface area contributed by atoms with E-state index in [1.165, 1.54) is 0 Å². The minimum Gasteiger partial charge on any atom is -0.486 e. The molecule has 1 aliphatic rings. The monoisotopic (exact) mass is 249 g/mol. The Morgan fingerprint density at radius 3 is 2.11 bits per heavy atom. The molecular weight excluding hydrogens is 226 g/mol. The number of ether oxygens (including phenoxy) is 2. The van der Waals surface area contributed by atoms with Crippen LogP contribution >= 0.6 is 0 Å². The van der Waals surface area contributed by atoms with Gasteiger partial charge < -0.3 is 9.47 Å². The lowest BCUT2D eigenvalue weighted by Gasteiger charge is -2.27. The summed E-state index contributed by atoms with van der Waals surface area (Å²) < 4.78 is 11.2. The van der Waals surface area contributed by atoms with Gasteiger partial charge in [-0.1, -0.05) is 41.7 Å². The van der Waals surface area contributed by atoms with Gasteiger partial charge in [0.2, 0.25) is 0 Å². The molecule has 0 aliphatic carbocycles. The molecule has 0 atom stereocenters. The van der Waals surface area contributed by atoms with Crippen LogP contribution in [0.1, 0.15) is 46.8 Å². The molecule has 0 saturated heterocycles. The number of rotatable bonds is 0. The number of benzene rings is 1. The van der Waals surface area contributed by atoms with Crippen LogP contribution in [0.15, 0.2) is 12.1 Å². The molecule has 0 unspecified atom stereocenters. The molecule has 0 saturated carbocycles. The van der Waals surface area contributed by atoms with Crippen LogP contribution in [-0.4, -0.2) is 13.2 Å². The Balaban J connectivity index is 0.00000144. The summed E-state index contributed by atoms with van der Waals surface area (Å²) in [6.07, 6.45) is 0. The molecule has 3 heteroatoms. The fraction of sp³-hybridized carbons (Fsp3) is 0.533. The lowest BCUT2D eigenvalue weighted by Crippen LogP contribution is -2.21. The molecule has 0 fully saturated rings. The summed E-state index contributed by atoms with van der Waals surface area (Å²) in [4.78, 5) is 0. The van der Waals surface area contributed by atoms with Gasteiger partial charge in [0.25, 0.3) is 0 Å². The minimum absolute atomic E-state index is 0. The Bertz CT molecular complexity index is 453. The van der Waals surface area contributed by atoms with E-state index in [1.54, 1.807) is 6.07 Å². The van der Waals surface area contributed by atoms with Crippen molar-refractivity contribution in [1.29, 1.82) is 5.26 Å². The van der Waals surface area contributed by atoms with Gasteiger partial charge >= 0.3 is 0 Å². The maximum Gasteiger partial charge on any atom is 0.179 e. The average Bonchev–Trinajstić information content (AvgIpc) is 2.26. The molecule has 18 heavy (non-hydrogen) atoms. The minimum atomic E-state index is -0.0151. The Morgan fingerprint density at radius 1 is 1.06 bits per heavy atom. The molecule has 1 aliphatic heterocycles. The Hall–Kier alpha value is -1.69. The zero-order chi connectivity index (χ0) is 11.8. The SMILES string of the molecule is C.C.CC(C)(C)c1ccc(C#N)c2c1OCCO2. The summed E-state index contributed by atoms with van der Waals surface area (Å²) in [6, 6.07) is 5.88. The number of nitrogens with zero attached hydrogens (tertiary/aromatic N) is 1. The summed E-state index contributed by atoms with van der Waals surface area (Å²) in [6.45, 7) is 7.41. The van der Waals surface area contributed by atoms with Gasteiger partial charge in [0.05, 0.1) is 5.56 Å². The molecule has 1 aromatic carbocycles. The van der Waals surface area contributed by atoms with Gasteiger partial charge in [-0.3, -0.25) is 0 Å². The van der Waals surface area contributed by atoms with Gasteiger partial charge in [-0.05, 0) is 11.5 Å². The molecule has 0 bridgehead atoms. The second-order valence-electron chi connectivity index (χ2n) is 4.88. The fourth-order valence-corrected chi connectivity index (χ4v) is 1.82. The second-order valence-corrected chi connectivity index (χ2v) is 4.88. The van der Waals surface area contributed by atoms with Gasteiger partial charge in [0.15, 0.2) is 11.5 Å². The summed E-state index contributed by atoms with van der Waals surface area (Å²) in [5.74, 6) is 1.33. The van der Waals surface area contributed by atoms with Gasteiger partial charge in [-0.15, -0.1) is 0 Å². The smallest absolute Gasteiger partial charge is 0.179 e. The van der Waals surface area contributed by atoms with E-state index in [0.717, 1.165) is 11.3 Å². The third kappa shape index (κ3) is 2.76. The topological polar surface area (TPSA) is 42.2 Å². The molecule has 1 heterocycles. The Labute approximate surface area is 110 Å². The molecular formula is C15H23NO2. The van der Waals surface area contributed by atoms with E-state index < -0.39 is 0 Å². The highest BCUT2D eigenvalue weighted by atomic mass is 16.6. The van der Waals surface area contributed by atoms with Crippen molar-refractivity contribution in [3.8, 4) is 17.6 Å². The molecule has 0 spiro atoms. The van der Waals surface area contributed by atoms with Gasteiger partial charge in [0.1, 0.15) is 19.3 Å². The first-order valence-corrected chi connectivity index (χ1v) is 5.37. The number of fused-ring (bicyclic) bond motifs is 1. The van der Waals surface area contributed by atoms with Crippen LogP contribution in [-0.2, 0) is 5.41 Å². The summed E-state index contributed by atoms with van der Waals surface area (Å²) >= 11 is 0. The van der Waals surface area contributed by atoms with Crippen LogP contribution in [0.3, 0.4) is 0 Å². The molecule has 0 N–H and O–H groups in total. The Kier molecular flexibility index (Phi) is 5.23. The normalized spacial score (nSPS) is 12.8. The van der Waals surface area contributed by atoms with Crippen molar-refractivity contribution in [3.63, 3.8) is 0 Å². The first-order valence-electron chi connectivity index (χ1n) is 5.37. The lowest BCUT2D eigenvalue weighted by molar-refractivity contribution is 0.167. The first-order chi connectivity index (χ1) is 7.54. The van der Waals surface area contributed by atoms with Crippen molar-refractivity contribution in [1.82, 2.24) is 0 Å². The van der Waals surface area contributed by atoms with Crippen LogP contribution in [0, 0.1) is 11.3 Å². The fourth-order valence-electron chi connectivity index (χ4n) is 1.82. The molecule has 2 rings (SSSR count). The highest BCUT2D eigenvalue weighted by Gasteiger charge is 2.26. The van der Waals surface area contributed by atoms with Gasteiger partial charge in [-0.25, -0.2) is 0 Å². The van der Waals surface area contributed by atoms with Crippen LogP contribution < -0.4 is 9.47 Å². The van der Waals surface area contributed by atoms with E-state index in [1.807, 2.05) is 6.07 Å². The van der Waals surface area contributed by atoms with Gasteiger partial charge in [0, 0.05) is 5.56 Å². The predicted molar refractivity (Wildman–Crippen MR) is 74.3 cm³/mol. The Morgan fingerprint density at radius 2 is 1.61 bits per heavy atom. The van der Waals surface area contributed by atoms with Crippen molar-refractivity contribution in [2.24, 2.45) is 0 Å². The van der Waals surface area contributed by atoms with Crippen LogP contribution in [0.2, 0.25) is 0 Å². The van der Waals surface area contributed by atoms with Crippen molar-refractivity contribution >= 4 is 0 Å². The maximum atomic E-state index is 9.00. The molecule has 0 aromatic heterocycles. The number of nitriles is 1. The highest BCUT2D eigenvalue weighted by molar-refractivity contribution is 5.58. The molecule has 3 nitrogen and oxygen atoms in total. The predicted octanol–water partition coefficient (Wildman–Crippen LogP) is 3.90. The zero-order valence-electron chi connectivity index (χ0n) is 9.83. The lowest BCUT2D eigenvalue weighted by atomic mass is 9.85. The number of hydrogen-bond acceptors (Lipinski definition) is 3. The van der Waals surface area contributed by atoms with E-state index in [-0.39, 0.29) is 20.3 Å². The third-order valence-corrected chi connectivity index (χ3v) is 2.62. The third-order valence-electron chi connectivity index (χ3n) is 2.62. The maximum absolute atomic E-state index is 9.00. The standard InChI is InChI=1S/C13H15NO2.2CH4/c1-13(2,3)10-5-4-9(8-14)11-12(10)16-7-6-15-11;;/h4-5H,6-7H2,1-3H3;2*1H4. The van der Waals surface area contributed by atoms with E-state index in [2.05, 4.69) is 26.8 Å².